The number of pyridine rings is 1. The summed E-state index contributed by atoms with van der Waals surface area (Å²) in [5, 5.41) is 0. The van der Waals surface area contributed by atoms with Crippen LogP contribution in [0.15, 0.2) is 18.3 Å². The quantitative estimate of drug-likeness (QED) is 0.780. The monoisotopic (exact) mass is 264 g/mol. The average molecular weight is 264 g/mol. The van der Waals surface area contributed by atoms with E-state index in [0.29, 0.717) is 18.2 Å². The third-order valence-electron chi connectivity index (χ3n) is 3.40. The molecule has 2 rings (SSSR count). The Hall–Kier alpha value is -1.62. The fraction of sp³-hybridized carbons (Fsp3) is 0.571. The van der Waals surface area contributed by atoms with Crippen LogP contribution in [0.2, 0.25) is 0 Å². The van der Waals surface area contributed by atoms with Crippen LogP contribution in [-0.2, 0) is 9.47 Å². The van der Waals surface area contributed by atoms with E-state index in [4.69, 9.17) is 9.47 Å². The minimum absolute atomic E-state index is 0.173. The number of hydrogen-bond acceptors (Lipinski definition) is 5. The highest BCUT2D eigenvalue weighted by Gasteiger charge is 2.27. The minimum atomic E-state index is -0.335. The van der Waals surface area contributed by atoms with E-state index in [1.807, 2.05) is 6.92 Å². The van der Waals surface area contributed by atoms with Gasteiger partial charge in [-0.25, -0.2) is 9.78 Å². The number of carbonyl (C=O) groups excluding carboxylic acids is 1. The van der Waals surface area contributed by atoms with Crippen molar-refractivity contribution in [2.24, 2.45) is 0 Å². The van der Waals surface area contributed by atoms with Gasteiger partial charge in [0.1, 0.15) is 5.82 Å². The lowest BCUT2D eigenvalue weighted by atomic mass is 10.1. The zero-order valence-electron chi connectivity index (χ0n) is 11.6. The predicted molar refractivity (Wildman–Crippen MR) is 72.4 cm³/mol. The van der Waals surface area contributed by atoms with Crippen molar-refractivity contribution in [2.75, 3.05) is 25.2 Å². The first-order valence-corrected chi connectivity index (χ1v) is 6.58. The lowest BCUT2D eigenvalue weighted by Gasteiger charge is -2.39. The van der Waals surface area contributed by atoms with Crippen LogP contribution < -0.4 is 4.90 Å². The van der Waals surface area contributed by atoms with Crippen LogP contribution in [0.25, 0.3) is 0 Å². The second-order valence-corrected chi connectivity index (χ2v) is 4.75. The first-order chi connectivity index (χ1) is 9.15. The van der Waals surface area contributed by atoms with Crippen molar-refractivity contribution in [2.45, 2.75) is 32.4 Å². The summed E-state index contributed by atoms with van der Waals surface area (Å²) in [5.74, 6) is 0.475. The number of anilines is 1. The third-order valence-corrected chi connectivity index (χ3v) is 3.40. The Morgan fingerprint density at radius 3 is 3.11 bits per heavy atom. The zero-order valence-corrected chi connectivity index (χ0v) is 11.6. The van der Waals surface area contributed by atoms with Gasteiger partial charge in [-0.2, -0.15) is 0 Å². The van der Waals surface area contributed by atoms with Crippen LogP contribution in [0.3, 0.4) is 0 Å². The molecule has 1 aliphatic heterocycles. The summed E-state index contributed by atoms with van der Waals surface area (Å²) < 4.78 is 10.4. The number of aromatic nitrogens is 1. The molecule has 0 aliphatic carbocycles. The molecule has 0 spiro atoms. The van der Waals surface area contributed by atoms with Crippen LogP contribution in [0, 0.1) is 0 Å². The summed E-state index contributed by atoms with van der Waals surface area (Å²) in [6.07, 6.45) is 2.80. The number of nitrogens with zero attached hydrogens (tertiary/aromatic N) is 2. The summed E-state index contributed by atoms with van der Waals surface area (Å²) in [6.45, 7) is 5.65. The Morgan fingerprint density at radius 2 is 2.42 bits per heavy atom. The first kappa shape index (κ1) is 13.8. The van der Waals surface area contributed by atoms with Crippen molar-refractivity contribution in [3.05, 3.63) is 23.9 Å². The molecule has 0 radical (unpaired) electrons. The van der Waals surface area contributed by atoms with Gasteiger partial charge in [-0.15, -0.1) is 0 Å². The molecule has 0 saturated carbocycles. The lowest BCUT2D eigenvalue weighted by Crippen LogP contribution is -2.49. The largest absolute Gasteiger partial charge is 0.465 e. The van der Waals surface area contributed by atoms with Gasteiger partial charge in [-0.3, -0.25) is 0 Å². The van der Waals surface area contributed by atoms with Crippen LogP contribution in [0.1, 0.15) is 30.6 Å². The van der Waals surface area contributed by atoms with Crippen molar-refractivity contribution >= 4 is 11.8 Å². The molecule has 0 bridgehead atoms. The Balaban J connectivity index is 2.26. The normalized spacial score (nSPS) is 23.2. The maximum Gasteiger partial charge on any atom is 0.338 e. The summed E-state index contributed by atoms with van der Waals surface area (Å²) in [7, 11) is 1.38. The van der Waals surface area contributed by atoms with Gasteiger partial charge in [-0.05, 0) is 25.5 Å². The van der Waals surface area contributed by atoms with E-state index in [9.17, 15) is 4.79 Å². The molecule has 0 aromatic carbocycles. The molecule has 1 saturated heterocycles. The van der Waals surface area contributed by atoms with Crippen molar-refractivity contribution in [3.63, 3.8) is 0 Å². The molecule has 1 aliphatic rings. The highest BCUT2D eigenvalue weighted by molar-refractivity contribution is 5.90. The number of hydrogen-bond donors (Lipinski definition) is 0. The maximum atomic E-state index is 11.6. The highest BCUT2D eigenvalue weighted by atomic mass is 16.5. The summed E-state index contributed by atoms with van der Waals surface area (Å²) in [4.78, 5) is 18.2. The lowest BCUT2D eigenvalue weighted by molar-refractivity contribution is 0.0296. The number of esters is 1. The number of carbonyl (C=O) groups is 1. The Kier molecular flexibility index (Phi) is 4.37. The molecule has 2 unspecified atom stereocenters. The molecule has 5 nitrogen and oxygen atoms in total. The predicted octanol–water partition coefficient (Wildman–Crippen LogP) is 1.87. The van der Waals surface area contributed by atoms with Crippen molar-refractivity contribution in [3.8, 4) is 0 Å². The second kappa shape index (κ2) is 6.02. The number of rotatable bonds is 3. The van der Waals surface area contributed by atoms with Gasteiger partial charge in [-0.1, -0.05) is 6.92 Å². The summed E-state index contributed by atoms with van der Waals surface area (Å²) in [5.41, 5.74) is 0.529. The second-order valence-electron chi connectivity index (χ2n) is 4.75. The molecule has 19 heavy (non-hydrogen) atoms. The number of ether oxygens (including phenoxy) is 2. The molecule has 0 N–H and O–H groups in total. The van der Waals surface area contributed by atoms with E-state index < -0.39 is 0 Å². The van der Waals surface area contributed by atoms with E-state index in [1.165, 1.54) is 7.11 Å². The number of methoxy groups -OCH3 is 1. The van der Waals surface area contributed by atoms with Crippen LogP contribution in [0.5, 0.6) is 0 Å². The number of morpholine rings is 1. The van der Waals surface area contributed by atoms with Crippen molar-refractivity contribution in [1.29, 1.82) is 0 Å². The van der Waals surface area contributed by atoms with Gasteiger partial charge < -0.3 is 14.4 Å². The van der Waals surface area contributed by atoms with E-state index in [0.717, 1.165) is 18.8 Å². The van der Waals surface area contributed by atoms with Crippen LogP contribution >= 0.6 is 0 Å². The molecule has 104 valence electrons. The first-order valence-electron chi connectivity index (χ1n) is 6.58. The fourth-order valence-electron chi connectivity index (χ4n) is 2.28. The van der Waals surface area contributed by atoms with E-state index in [2.05, 4.69) is 16.8 Å². The zero-order chi connectivity index (χ0) is 13.8. The average Bonchev–Trinajstić information content (AvgIpc) is 2.46. The molecule has 5 heteroatoms. The smallest absolute Gasteiger partial charge is 0.338 e. The van der Waals surface area contributed by atoms with Crippen molar-refractivity contribution in [1.82, 2.24) is 4.98 Å². The molecule has 2 atom stereocenters. The molecule has 1 aromatic rings. The molecule has 1 aromatic heterocycles. The molecule has 0 amide bonds. The maximum absolute atomic E-state index is 11.6. The molecular weight excluding hydrogens is 244 g/mol. The Bertz CT molecular complexity index is 450. The molecule has 1 fully saturated rings. The third kappa shape index (κ3) is 3.04. The minimum Gasteiger partial charge on any atom is -0.465 e. The van der Waals surface area contributed by atoms with E-state index in [1.54, 1.807) is 18.3 Å². The standard InChI is InChI=1S/C14H20N2O3/c1-4-12-9-19-10(2)8-16(12)13-7-11(5-6-15-13)14(17)18-3/h5-7,10,12H,4,8-9H2,1-3H3. The van der Waals surface area contributed by atoms with Gasteiger partial charge in [0.05, 0.1) is 31.4 Å². The van der Waals surface area contributed by atoms with Crippen LogP contribution in [0.4, 0.5) is 5.82 Å². The van der Waals surface area contributed by atoms with Gasteiger partial charge in [0.25, 0.3) is 0 Å². The van der Waals surface area contributed by atoms with E-state index in [-0.39, 0.29) is 12.1 Å². The van der Waals surface area contributed by atoms with Gasteiger partial charge in [0.15, 0.2) is 0 Å². The van der Waals surface area contributed by atoms with Crippen LogP contribution in [-0.4, -0.2) is 43.4 Å². The van der Waals surface area contributed by atoms with Crippen molar-refractivity contribution < 1.29 is 14.3 Å². The SMILES string of the molecule is CCC1COC(C)CN1c1cc(C(=O)OC)ccn1. The molecular formula is C14H20N2O3. The van der Waals surface area contributed by atoms with Gasteiger partial charge >= 0.3 is 5.97 Å². The summed E-state index contributed by atoms with van der Waals surface area (Å²) in [6, 6.07) is 3.75. The summed E-state index contributed by atoms with van der Waals surface area (Å²) >= 11 is 0. The Labute approximate surface area is 113 Å². The van der Waals surface area contributed by atoms with Gasteiger partial charge in [0.2, 0.25) is 0 Å². The van der Waals surface area contributed by atoms with Gasteiger partial charge in [0, 0.05) is 12.7 Å². The Morgan fingerprint density at radius 1 is 1.63 bits per heavy atom. The fourth-order valence-corrected chi connectivity index (χ4v) is 2.28. The van der Waals surface area contributed by atoms with E-state index >= 15 is 0 Å². The topological polar surface area (TPSA) is 51.7 Å². The molecule has 2 heterocycles. The highest BCUT2D eigenvalue weighted by Crippen LogP contribution is 2.22.